The van der Waals surface area contributed by atoms with Gasteiger partial charge in [0.2, 0.25) is 16.4 Å². The number of halogens is 6. The van der Waals surface area contributed by atoms with Gasteiger partial charge in [-0.25, -0.2) is 21.6 Å². The van der Waals surface area contributed by atoms with E-state index in [2.05, 4.69) is 0 Å². The van der Waals surface area contributed by atoms with Crippen LogP contribution >= 0.6 is 0 Å². The molecule has 1 aliphatic rings. The van der Waals surface area contributed by atoms with Crippen molar-refractivity contribution >= 4 is 27.4 Å². The summed E-state index contributed by atoms with van der Waals surface area (Å²) < 4.78 is 115. The van der Waals surface area contributed by atoms with E-state index in [1.165, 1.54) is 31.0 Å². The monoisotopic (exact) mass is 568 g/mol. The number of ether oxygens (including phenoxy) is 1. The first-order chi connectivity index (χ1) is 17.6. The van der Waals surface area contributed by atoms with Crippen molar-refractivity contribution in [2.24, 2.45) is 5.92 Å². The number of rotatable bonds is 9. The summed E-state index contributed by atoms with van der Waals surface area (Å²) >= 11 is 0. The van der Waals surface area contributed by atoms with Gasteiger partial charge < -0.3 is 14.7 Å². The molecule has 3 rings (SSSR count). The fourth-order valence-corrected chi connectivity index (χ4v) is 5.58. The molecular weight excluding hydrogens is 542 g/mol. The van der Waals surface area contributed by atoms with Crippen LogP contribution in [0.2, 0.25) is 0 Å². The Morgan fingerprint density at radius 1 is 1.18 bits per heavy atom. The molecule has 38 heavy (non-hydrogen) atoms. The van der Waals surface area contributed by atoms with Crippen LogP contribution in [0.4, 0.5) is 37.7 Å². The number of hydrogen-bond acceptors (Lipinski definition) is 5. The van der Waals surface area contributed by atoms with Crippen molar-refractivity contribution in [3.8, 4) is 5.75 Å². The van der Waals surface area contributed by atoms with E-state index in [1.54, 1.807) is 0 Å². The third-order valence-corrected chi connectivity index (χ3v) is 8.17. The van der Waals surface area contributed by atoms with Crippen molar-refractivity contribution in [2.45, 2.75) is 49.7 Å². The quantitative estimate of drug-likeness (QED) is 0.401. The Hall–Kier alpha value is -3.00. The summed E-state index contributed by atoms with van der Waals surface area (Å²) in [6, 6.07) is 5.00. The van der Waals surface area contributed by atoms with E-state index in [0.717, 1.165) is 16.4 Å². The molecule has 14 heteroatoms. The zero-order valence-electron chi connectivity index (χ0n) is 20.4. The zero-order chi connectivity index (χ0) is 28.4. The molecule has 2 atom stereocenters. The first kappa shape index (κ1) is 29.6. The number of benzene rings is 2. The lowest BCUT2D eigenvalue weighted by molar-refractivity contribution is -0.142. The average Bonchev–Trinajstić information content (AvgIpc) is 2.90. The highest BCUT2D eigenvalue weighted by Gasteiger charge is 2.42. The number of likely N-dealkylation sites (N-methyl/N-ethyl adjacent to an activating group) is 1. The molecule has 0 unspecified atom stereocenters. The minimum absolute atomic E-state index is 0.0165. The Kier molecular flexibility index (Phi) is 8.86. The number of carbonyl (C=O) groups is 1. The van der Waals surface area contributed by atoms with Crippen molar-refractivity contribution in [1.29, 1.82) is 0 Å². The van der Waals surface area contributed by atoms with Gasteiger partial charge in [-0.05, 0) is 50.1 Å². The number of fused-ring (bicyclic) bond motifs is 1. The van der Waals surface area contributed by atoms with E-state index in [1.807, 2.05) is 0 Å². The third kappa shape index (κ3) is 6.52. The van der Waals surface area contributed by atoms with Gasteiger partial charge in [0, 0.05) is 37.8 Å². The van der Waals surface area contributed by atoms with E-state index in [4.69, 9.17) is 9.84 Å². The van der Waals surface area contributed by atoms with Gasteiger partial charge in [-0.1, -0.05) is 0 Å². The number of hydrogen-bond donors (Lipinski definition) is 1. The molecule has 0 bridgehead atoms. The predicted octanol–water partition coefficient (Wildman–Crippen LogP) is 5.52. The van der Waals surface area contributed by atoms with Crippen molar-refractivity contribution in [3.63, 3.8) is 0 Å². The summed E-state index contributed by atoms with van der Waals surface area (Å²) in [7, 11) is -3.28. The van der Waals surface area contributed by atoms with Crippen LogP contribution in [-0.2, 0) is 21.0 Å². The van der Waals surface area contributed by atoms with Gasteiger partial charge in [-0.15, -0.1) is 0 Å². The molecule has 210 valence electrons. The summed E-state index contributed by atoms with van der Waals surface area (Å²) in [6.07, 6.45) is -8.19. The summed E-state index contributed by atoms with van der Waals surface area (Å²) in [4.78, 5) is 11.8. The van der Waals surface area contributed by atoms with Gasteiger partial charge in [0.15, 0.2) is 0 Å². The molecule has 2 aromatic carbocycles. The standard InChI is InChI=1S/C24H26F6N2O5S/c1-14(23(33)34)13-37-20-11-21-19(10-18(20)24(28,29)30)32(16-8-6-15(25)7-9-16)12-17(4-3-5-22(26)27)31(2)38(21,35)36/h6-11,14,17,22H,3-5,12-13H2,1-2H3,(H,33,34)/t14-,17-/m1/s1. The summed E-state index contributed by atoms with van der Waals surface area (Å²) in [5.74, 6) is -4.02. The smallest absolute Gasteiger partial charge is 0.420 e. The highest BCUT2D eigenvalue weighted by molar-refractivity contribution is 7.89. The van der Waals surface area contributed by atoms with Crippen LogP contribution in [0.15, 0.2) is 41.3 Å². The summed E-state index contributed by atoms with van der Waals surface area (Å²) in [5.41, 5.74) is -1.53. The van der Waals surface area contributed by atoms with Gasteiger partial charge in [-0.2, -0.15) is 17.5 Å². The lowest BCUT2D eigenvalue weighted by Gasteiger charge is -2.30. The van der Waals surface area contributed by atoms with Crippen LogP contribution in [0.5, 0.6) is 5.75 Å². The van der Waals surface area contributed by atoms with Gasteiger partial charge in [-0.3, -0.25) is 4.79 Å². The highest BCUT2D eigenvalue weighted by Crippen LogP contribution is 2.45. The molecule has 0 saturated heterocycles. The maximum Gasteiger partial charge on any atom is 0.420 e. The van der Waals surface area contributed by atoms with E-state index < -0.39 is 75.6 Å². The number of anilines is 2. The molecule has 0 radical (unpaired) electrons. The van der Waals surface area contributed by atoms with Crippen molar-refractivity contribution in [3.05, 3.63) is 47.8 Å². The van der Waals surface area contributed by atoms with E-state index in [-0.39, 0.29) is 30.8 Å². The van der Waals surface area contributed by atoms with Crippen molar-refractivity contribution < 1.29 is 49.4 Å². The minimum atomic E-state index is -5.01. The van der Waals surface area contributed by atoms with Crippen LogP contribution in [0.25, 0.3) is 0 Å². The summed E-state index contributed by atoms with van der Waals surface area (Å²) in [5, 5.41) is 9.07. The number of carboxylic acid groups (broad SMARTS) is 1. The van der Waals surface area contributed by atoms with E-state index in [9.17, 15) is 39.6 Å². The molecule has 0 spiro atoms. The second-order valence-corrected chi connectivity index (χ2v) is 10.9. The maximum absolute atomic E-state index is 14.1. The Labute approximate surface area is 215 Å². The molecule has 0 amide bonds. The second kappa shape index (κ2) is 11.4. The fraction of sp³-hybridized carbons (Fsp3) is 0.458. The van der Waals surface area contributed by atoms with Crippen LogP contribution in [0, 0.1) is 11.7 Å². The number of alkyl halides is 5. The molecule has 2 aromatic rings. The predicted molar refractivity (Wildman–Crippen MR) is 126 cm³/mol. The molecule has 0 saturated carbocycles. The van der Waals surface area contributed by atoms with Gasteiger partial charge in [0.1, 0.15) is 23.1 Å². The van der Waals surface area contributed by atoms with Crippen LogP contribution in [0.1, 0.15) is 31.7 Å². The minimum Gasteiger partial charge on any atom is -0.492 e. The first-order valence-electron chi connectivity index (χ1n) is 11.5. The Morgan fingerprint density at radius 2 is 1.82 bits per heavy atom. The molecule has 0 aliphatic carbocycles. The Morgan fingerprint density at radius 3 is 2.37 bits per heavy atom. The molecule has 0 aromatic heterocycles. The molecule has 1 aliphatic heterocycles. The third-order valence-electron chi connectivity index (χ3n) is 6.23. The second-order valence-electron chi connectivity index (χ2n) is 8.95. The van der Waals surface area contributed by atoms with Gasteiger partial charge in [0.05, 0.1) is 17.2 Å². The lowest BCUT2D eigenvalue weighted by Crippen LogP contribution is -2.40. The first-order valence-corrected chi connectivity index (χ1v) is 13.0. The Balaban J connectivity index is 2.21. The lowest BCUT2D eigenvalue weighted by atomic mass is 10.1. The van der Waals surface area contributed by atoms with Crippen molar-refractivity contribution in [2.75, 3.05) is 25.1 Å². The number of carboxylic acids is 1. The number of sulfonamides is 1. The average molecular weight is 569 g/mol. The molecule has 7 nitrogen and oxygen atoms in total. The molecule has 1 heterocycles. The Bertz CT molecular complexity index is 1250. The normalized spacial score (nSPS) is 18.7. The van der Waals surface area contributed by atoms with Crippen molar-refractivity contribution in [1.82, 2.24) is 4.31 Å². The fourth-order valence-electron chi connectivity index (χ4n) is 4.02. The molecular formula is C24H26F6N2O5S. The molecule has 1 N–H and O–H groups in total. The number of nitrogens with zero attached hydrogens (tertiary/aromatic N) is 2. The molecule has 0 fully saturated rings. The highest BCUT2D eigenvalue weighted by atomic mass is 32.2. The summed E-state index contributed by atoms with van der Waals surface area (Å²) in [6.45, 7) is 0.347. The SMILES string of the molecule is C[C@H](COc1cc2c(cc1C(F)(F)F)N(c1ccc(F)cc1)C[C@@H](CCCC(F)F)N(C)S2(=O)=O)C(=O)O. The largest absolute Gasteiger partial charge is 0.492 e. The van der Waals surface area contributed by atoms with Crippen LogP contribution in [0.3, 0.4) is 0 Å². The topological polar surface area (TPSA) is 87.2 Å². The van der Waals surface area contributed by atoms with E-state index in [0.29, 0.717) is 12.1 Å². The van der Waals surface area contributed by atoms with E-state index >= 15 is 0 Å². The zero-order valence-corrected chi connectivity index (χ0v) is 21.2. The van der Waals surface area contributed by atoms with Gasteiger partial charge in [0.25, 0.3) is 0 Å². The van der Waals surface area contributed by atoms with Crippen LogP contribution in [-0.4, -0.2) is 56.5 Å². The maximum atomic E-state index is 14.1. The van der Waals surface area contributed by atoms with Gasteiger partial charge >= 0.3 is 12.1 Å². The van der Waals surface area contributed by atoms with Crippen LogP contribution < -0.4 is 9.64 Å². The number of aliphatic carboxylic acids is 1.